The van der Waals surface area contributed by atoms with Crippen molar-refractivity contribution in [3.05, 3.63) is 23.8 Å². The maximum Gasteiger partial charge on any atom is 0.162 e. The topological polar surface area (TPSA) is 56.8 Å². The van der Waals surface area contributed by atoms with Gasteiger partial charge in [-0.15, -0.1) is 0 Å². The maximum atomic E-state index is 5.79. The van der Waals surface area contributed by atoms with Crippen LogP contribution in [0.1, 0.15) is 12.5 Å². The molecule has 15 heavy (non-hydrogen) atoms. The molecule has 1 aromatic carbocycles. The van der Waals surface area contributed by atoms with Gasteiger partial charge < -0.3 is 15.2 Å². The summed E-state index contributed by atoms with van der Waals surface area (Å²) in [6.07, 6.45) is 0. The highest BCUT2D eigenvalue weighted by atomic mass is 16.6. The van der Waals surface area contributed by atoms with Crippen LogP contribution in [0.15, 0.2) is 23.2 Å². The molecule has 0 aliphatic carbocycles. The third kappa shape index (κ3) is 2.03. The molecule has 0 saturated heterocycles. The highest BCUT2D eigenvalue weighted by Gasteiger charge is 2.12. The summed E-state index contributed by atoms with van der Waals surface area (Å²) in [5.74, 6) is 2.05. The Labute approximate surface area is 88.7 Å². The quantitative estimate of drug-likeness (QED) is 0.584. The standard InChI is InChI=1S/C11H14N2O2/c1-2-13-11(12)8-3-4-9-10(7-8)15-6-5-14-9/h3-4,7H,2,5-6H2,1H3,(H2,12,13). The molecule has 0 amide bonds. The van der Waals surface area contributed by atoms with Crippen LogP contribution in [-0.2, 0) is 0 Å². The highest BCUT2D eigenvalue weighted by Crippen LogP contribution is 2.30. The predicted molar refractivity (Wildman–Crippen MR) is 58.7 cm³/mol. The zero-order chi connectivity index (χ0) is 10.7. The minimum absolute atomic E-state index is 0.537. The number of fused-ring (bicyclic) bond motifs is 1. The van der Waals surface area contributed by atoms with E-state index in [9.17, 15) is 0 Å². The van der Waals surface area contributed by atoms with E-state index < -0.39 is 0 Å². The van der Waals surface area contributed by atoms with Gasteiger partial charge in [0.05, 0.1) is 0 Å². The molecule has 0 unspecified atom stereocenters. The Balaban J connectivity index is 2.31. The molecule has 1 aromatic rings. The third-order valence-electron chi connectivity index (χ3n) is 2.17. The van der Waals surface area contributed by atoms with Gasteiger partial charge in [-0.05, 0) is 25.1 Å². The second-order valence-corrected chi connectivity index (χ2v) is 3.22. The molecule has 0 saturated carbocycles. The Morgan fingerprint density at radius 1 is 1.33 bits per heavy atom. The third-order valence-corrected chi connectivity index (χ3v) is 2.17. The van der Waals surface area contributed by atoms with Crippen molar-refractivity contribution in [2.75, 3.05) is 19.8 Å². The Morgan fingerprint density at radius 3 is 2.80 bits per heavy atom. The minimum Gasteiger partial charge on any atom is -0.486 e. The van der Waals surface area contributed by atoms with E-state index in [1.165, 1.54) is 0 Å². The summed E-state index contributed by atoms with van der Waals surface area (Å²) in [7, 11) is 0. The summed E-state index contributed by atoms with van der Waals surface area (Å²) in [6.45, 7) is 3.82. The summed E-state index contributed by atoms with van der Waals surface area (Å²) in [5, 5.41) is 0. The first-order chi connectivity index (χ1) is 7.31. The van der Waals surface area contributed by atoms with E-state index in [0.717, 1.165) is 17.1 Å². The van der Waals surface area contributed by atoms with Gasteiger partial charge in [0.2, 0.25) is 0 Å². The van der Waals surface area contributed by atoms with E-state index in [1.54, 1.807) is 0 Å². The first kappa shape index (κ1) is 9.83. The fourth-order valence-corrected chi connectivity index (χ4v) is 1.46. The van der Waals surface area contributed by atoms with Crippen LogP contribution in [0.3, 0.4) is 0 Å². The van der Waals surface area contributed by atoms with Crippen LogP contribution in [0.5, 0.6) is 11.5 Å². The van der Waals surface area contributed by atoms with Gasteiger partial charge in [-0.25, -0.2) is 0 Å². The molecule has 80 valence electrons. The minimum atomic E-state index is 0.537. The lowest BCUT2D eigenvalue weighted by Gasteiger charge is -2.18. The molecule has 0 atom stereocenters. The highest BCUT2D eigenvalue weighted by molar-refractivity contribution is 5.98. The van der Waals surface area contributed by atoms with Gasteiger partial charge >= 0.3 is 0 Å². The van der Waals surface area contributed by atoms with E-state index in [0.29, 0.717) is 25.6 Å². The van der Waals surface area contributed by atoms with Crippen molar-refractivity contribution >= 4 is 5.84 Å². The molecule has 4 heteroatoms. The van der Waals surface area contributed by atoms with Crippen LogP contribution in [0.25, 0.3) is 0 Å². The molecule has 0 fully saturated rings. The number of benzene rings is 1. The molecule has 4 nitrogen and oxygen atoms in total. The van der Waals surface area contributed by atoms with Gasteiger partial charge in [-0.1, -0.05) is 0 Å². The second kappa shape index (κ2) is 4.21. The van der Waals surface area contributed by atoms with E-state index >= 15 is 0 Å². The number of nitrogens with two attached hydrogens (primary N) is 1. The molecule has 2 N–H and O–H groups in total. The number of amidine groups is 1. The Morgan fingerprint density at radius 2 is 2.07 bits per heavy atom. The molecule has 0 bridgehead atoms. The Hall–Kier alpha value is -1.71. The molecule has 1 heterocycles. The molecule has 2 rings (SSSR count). The Kier molecular flexibility index (Phi) is 2.76. The SMILES string of the molecule is CCN=C(N)c1ccc2c(c1)OCCO2. The molecular weight excluding hydrogens is 192 g/mol. The van der Waals surface area contributed by atoms with Gasteiger partial charge in [0.1, 0.15) is 19.0 Å². The summed E-state index contributed by atoms with van der Waals surface area (Å²) in [6, 6.07) is 5.62. The van der Waals surface area contributed by atoms with Crippen LogP contribution in [-0.4, -0.2) is 25.6 Å². The van der Waals surface area contributed by atoms with Crippen LogP contribution in [0, 0.1) is 0 Å². The van der Waals surface area contributed by atoms with Gasteiger partial charge in [-0.3, -0.25) is 4.99 Å². The molecule has 0 spiro atoms. The smallest absolute Gasteiger partial charge is 0.162 e. The second-order valence-electron chi connectivity index (χ2n) is 3.22. The van der Waals surface area contributed by atoms with E-state index in [1.807, 2.05) is 25.1 Å². The largest absolute Gasteiger partial charge is 0.486 e. The van der Waals surface area contributed by atoms with Crippen LogP contribution in [0.2, 0.25) is 0 Å². The molecule has 1 aliphatic heterocycles. The fraction of sp³-hybridized carbons (Fsp3) is 0.364. The molecule has 1 aliphatic rings. The normalized spacial score (nSPS) is 15.1. The number of aliphatic imine (C=N–C) groups is 1. The Bertz CT molecular complexity index is 388. The zero-order valence-electron chi connectivity index (χ0n) is 8.69. The van der Waals surface area contributed by atoms with Crippen molar-refractivity contribution in [1.29, 1.82) is 0 Å². The number of rotatable bonds is 2. The maximum absolute atomic E-state index is 5.79. The first-order valence-corrected chi connectivity index (χ1v) is 5.01. The first-order valence-electron chi connectivity index (χ1n) is 5.01. The summed E-state index contributed by atoms with van der Waals surface area (Å²) < 4.78 is 10.9. The lowest BCUT2D eigenvalue weighted by Crippen LogP contribution is -2.18. The average molecular weight is 206 g/mol. The molecule has 0 aromatic heterocycles. The van der Waals surface area contributed by atoms with Crippen LogP contribution in [0.4, 0.5) is 0 Å². The monoisotopic (exact) mass is 206 g/mol. The van der Waals surface area contributed by atoms with Crippen molar-refractivity contribution < 1.29 is 9.47 Å². The lowest BCUT2D eigenvalue weighted by molar-refractivity contribution is 0.171. The zero-order valence-corrected chi connectivity index (χ0v) is 8.69. The summed E-state index contributed by atoms with van der Waals surface area (Å²) in [5.41, 5.74) is 6.67. The van der Waals surface area contributed by atoms with E-state index in [4.69, 9.17) is 15.2 Å². The predicted octanol–water partition coefficient (Wildman–Crippen LogP) is 1.18. The van der Waals surface area contributed by atoms with Gasteiger partial charge in [-0.2, -0.15) is 0 Å². The van der Waals surface area contributed by atoms with Crippen molar-refractivity contribution in [3.63, 3.8) is 0 Å². The van der Waals surface area contributed by atoms with Crippen LogP contribution >= 0.6 is 0 Å². The summed E-state index contributed by atoms with van der Waals surface area (Å²) >= 11 is 0. The van der Waals surface area contributed by atoms with Gasteiger partial charge in [0, 0.05) is 12.1 Å². The van der Waals surface area contributed by atoms with Crippen molar-refractivity contribution in [1.82, 2.24) is 0 Å². The van der Waals surface area contributed by atoms with E-state index in [-0.39, 0.29) is 0 Å². The fourth-order valence-electron chi connectivity index (χ4n) is 1.46. The van der Waals surface area contributed by atoms with E-state index in [2.05, 4.69) is 4.99 Å². The molecular formula is C11H14N2O2. The van der Waals surface area contributed by atoms with Crippen molar-refractivity contribution in [2.45, 2.75) is 6.92 Å². The van der Waals surface area contributed by atoms with Gasteiger partial charge in [0.25, 0.3) is 0 Å². The van der Waals surface area contributed by atoms with Crippen molar-refractivity contribution in [2.24, 2.45) is 10.7 Å². The van der Waals surface area contributed by atoms with Gasteiger partial charge in [0.15, 0.2) is 11.5 Å². The number of nitrogens with zero attached hydrogens (tertiary/aromatic N) is 1. The molecule has 0 radical (unpaired) electrons. The average Bonchev–Trinajstić information content (AvgIpc) is 2.29. The number of ether oxygens (including phenoxy) is 2. The van der Waals surface area contributed by atoms with Crippen molar-refractivity contribution in [3.8, 4) is 11.5 Å². The summed E-state index contributed by atoms with van der Waals surface area (Å²) in [4.78, 5) is 4.14. The number of hydrogen-bond donors (Lipinski definition) is 1. The van der Waals surface area contributed by atoms with Crippen LogP contribution < -0.4 is 15.2 Å². The number of hydrogen-bond acceptors (Lipinski definition) is 3. The lowest BCUT2D eigenvalue weighted by atomic mass is 10.2.